The van der Waals surface area contributed by atoms with E-state index in [0.29, 0.717) is 19.3 Å². The van der Waals surface area contributed by atoms with Crippen LogP contribution in [-0.2, 0) is 28.6 Å². The van der Waals surface area contributed by atoms with Crippen molar-refractivity contribution in [3.63, 3.8) is 0 Å². The van der Waals surface area contributed by atoms with Crippen LogP contribution in [0.2, 0.25) is 0 Å². The van der Waals surface area contributed by atoms with Gasteiger partial charge in [0.15, 0.2) is 6.10 Å². The Kier molecular flexibility index (Phi) is 42.3. The maximum absolute atomic E-state index is 12.8. The monoisotopic (exact) mass is 821 g/mol. The SMILES string of the molecule is CCC(C)CCCCCCCCCCCCC(=O)O[C@@H](COC(=O)CCCCCCCCCCCCCCCCC(C)C)COC(=O)CCCCCCCCC(C)C. The fourth-order valence-electron chi connectivity index (χ4n) is 7.73. The number of hydrogen-bond acceptors (Lipinski definition) is 6. The van der Waals surface area contributed by atoms with Crippen molar-refractivity contribution < 1.29 is 28.6 Å². The van der Waals surface area contributed by atoms with E-state index in [1.165, 1.54) is 161 Å². The van der Waals surface area contributed by atoms with E-state index < -0.39 is 6.10 Å². The van der Waals surface area contributed by atoms with Crippen molar-refractivity contribution >= 4 is 17.9 Å². The zero-order valence-electron chi connectivity index (χ0n) is 39.8. The minimum Gasteiger partial charge on any atom is -0.462 e. The lowest BCUT2D eigenvalue weighted by Crippen LogP contribution is -2.30. The smallest absolute Gasteiger partial charge is 0.306 e. The number of unbranched alkanes of at least 4 members (excludes halogenated alkanes) is 27. The molecule has 344 valence electrons. The van der Waals surface area contributed by atoms with Crippen molar-refractivity contribution in [2.75, 3.05) is 13.2 Å². The normalized spacial score (nSPS) is 12.6. The molecule has 6 nitrogen and oxygen atoms in total. The molecule has 2 atom stereocenters. The molecule has 0 saturated carbocycles. The van der Waals surface area contributed by atoms with Gasteiger partial charge >= 0.3 is 17.9 Å². The molecule has 58 heavy (non-hydrogen) atoms. The molecule has 0 aromatic rings. The van der Waals surface area contributed by atoms with Crippen molar-refractivity contribution in [2.45, 2.75) is 285 Å². The average molecular weight is 821 g/mol. The number of carbonyl (C=O) groups is 3. The maximum Gasteiger partial charge on any atom is 0.306 e. The van der Waals surface area contributed by atoms with Crippen LogP contribution in [0.5, 0.6) is 0 Å². The topological polar surface area (TPSA) is 78.9 Å². The molecule has 0 spiro atoms. The molecule has 0 aliphatic carbocycles. The van der Waals surface area contributed by atoms with Crippen LogP contribution in [0.15, 0.2) is 0 Å². The van der Waals surface area contributed by atoms with Crippen molar-refractivity contribution in [1.82, 2.24) is 0 Å². The molecular formula is C52H100O6. The van der Waals surface area contributed by atoms with Crippen molar-refractivity contribution in [1.29, 1.82) is 0 Å². The highest BCUT2D eigenvalue weighted by Crippen LogP contribution is 2.18. The highest BCUT2D eigenvalue weighted by atomic mass is 16.6. The van der Waals surface area contributed by atoms with Crippen molar-refractivity contribution in [2.24, 2.45) is 17.8 Å². The first-order valence-electron chi connectivity index (χ1n) is 25.6. The van der Waals surface area contributed by atoms with Crippen LogP contribution in [0.25, 0.3) is 0 Å². The Labute approximate surface area is 361 Å². The molecule has 0 rings (SSSR count). The summed E-state index contributed by atoms with van der Waals surface area (Å²) in [5.41, 5.74) is 0. The molecule has 0 aliphatic rings. The van der Waals surface area contributed by atoms with Gasteiger partial charge in [-0.3, -0.25) is 14.4 Å². The predicted molar refractivity (Wildman–Crippen MR) is 247 cm³/mol. The lowest BCUT2D eigenvalue weighted by molar-refractivity contribution is -0.167. The Morgan fingerprint density at radius 1 is 0.345 bits per heavy atom. The van der Waals surface area contributed by atoms with Gasteiger partial charge in [-0.05, 0) is 37.0 Å². The first kappa shape index (κ1) is 56.4. The van der Waals surface area contributed by atoms with Gasteiger partial charge in [0.1, 0.15) is 13.2 Å². The quantitative estimate of drug-likeness (QED) is 0.0346. The summed E-state index contributed by atoms with van der Waals surface area (Å²) in [4.78, 5) is 37.9. The van der Waals surface area contributed by atoms with E-state index in [2.05, 4.69) is 41.5 Å². The summed E-state index contributed by atoms with van der Waals surface area (Å²) < 4.78 is 16.8. The first-order valence-corrected chi connectivity index (χ1v) is 25.6. The van der Waals surface area contributed by atoms with Crippen LogP contribution in [-0.4, -0.2) is 37.2 Å². The van der Waals surface area contributed by atoms with Gasteiger partial charge in [0.2, 0.25) is 0 Å². The summed E-state index contributed by atoms with van der Waals surface area (Å²) in [7, 11) is 0. The Morgan fingerprint density at radius 2 is 0.603 bits per heavy atom. The molecule has 0 amide bonds. The van der Waals surface area contributed by atoms with Crippen LogP contribution in [0.3, 0.4) is 0 Å². The van der Waals surface area contributed by atoms with Crippen LogP contribution in [0.1, 0.15) is 279 Å². The molecule has 0 saturated heterocycles. The van der Waals surface area contributed by atoms with Gasteiger partial charge in [-0.15, -0.1) is 0 Å². The molecule has 0 N–H and O–H groups in total. The van der Waals surface area contributed by atoms with Crippen LogP contribution < -0.4 is 0 Å². The molecule has 0 bridgehead atoms. The van der Waals surface area contributed by atoms with E-state index in [-0.39, 0.29) is 31.1 Å². The largest absolute Gasteiger partial charge is 0.462 e. The molecule has 0 aromatic heterocycles. The molecule has 0 fully saturated rings. The fourth-order valence-corrected chi connectivity index (χ4v) is 7.73. The van der Waals surface area contributed by atoms with Gasteiger partial charge < -0.3 is 14.2 Å². The second kappa shape index (κ2) is 43.5. The van der Waals surface area contributed by atoms with Crippen molar-refractivity contribution in [3.8, 4) is 0 Å². The van der Waals surface area contributed by atoms with Gasteiger partial charge in [0.25, 0.3) is 0 Å². The molecule has 0 aromatic carbocycles. The Bertz CT molecular complexity index is 900. The lowest BCUT2D eigenvalue weighted by Gasteiger charge is -2.18. The van der Waals surface area contributed by atoms with E-state index in [1.807, 2.05) is 0 Å². The fraction of sp³-hybridized carbons (Fsp3) is 0.942. The molecule has 0 radical (unpaired) electrons. The van der Waals surface area contributed by atoms with Gasteiger partial charge in [-0.1, -0.05) is 241 Å². The number of rotatable bonds is 45. The average Bonchev–Trinajstić information content (AvgIpc) is 3.19. The number of hydrogen-bond donors (Lipinski definition) is 0. The third-order valence-electron chi connectivity index (χ3n) is 12.0. The molecule has 6 heteroatoms. The Balaban J connectivity index is 4.27. The minimum atomic E-state index is -0.763. The van der Waals surface area contributed by atoms with Crippen LogP contribution >= 0.6 is 0 Å². The summed E-state index contributed by atoms with van der Waals surface area (Å²) in [5.74, 6) is 1.62. The molecule has 0 heterocycles. The zero-order chi connectivity index (χ0) is 42.7. The van der Waals surface area contributed by atoms with E-state index in [4.69, 9.17) is 14.2 Å². The van der Waals surface area contributed by atoms with E-state index >= 15 is 0 Å². The third kappa shape index (κ3) is 44.0. The minimum absolute atomic E-state index is 0.0655. The molecular weight excluding hydrogens is 721 g/mol. The van der Waals surface area contributed by atoms with Gasteiger partial charge in [0, 0.05) is 19.3 Å². The van der Waals surface area contributed by atoms with Crippen LogP contribution in [0.4, 0.5) is 0 Å². The van der Waals surface area contributed by atoms with E-state index in [1.54, 1.807) is 0 Å². The number of carbonyl (C=O) groups excluding carboxylic acids is 3. The Hall–Kier alpha value is -1.59. The first-order chi connectivity index (χ1) is 28.1. The third-order valence-corrected chi connectivity index (χ3v) is 12.0. The number of esters is 3. The van der Waals surface area contributed by atoms with Gasteiger partial charge in [0.05, 0.1) is 0 Å². The highest BCUT2D eigenvalue weighted by molar-refractivity contribution is 5.71. The lowest BCUT2D eigenvalue weighted by atomic mass is 9.99. The van der Waals surface area contributed by atoms with Gasteiger partial charge in [-0.2, -0.15) is 0 Å². The summed E-state index contributed by atoms with van der Waals surface area (Å²) in [6.07, 6.45) is 42.4. The van der Waals surface area contributed by atoms with Crippen molar-refractivity contribution in [3.05, 3.63) is 0 Å². The predicted octanol–water partition coefficient (Wildman–Crippen LogP) is 16.4. The van der Waals surface area contributed by atoms with Gasteiger partial charge in [-0.25, -0.2) is 0 Å². The second-order valence-corrected chi connectivity index (χ2v) is 19.0. The standard InChI is InChI=1S/C52H100O6/c1-7-48(6)40-34-28-21-17-14-15-19-23-31-37-43-52(55)58-49(45-57-51(54)42-36-30-25-24-27-33-39-47(4)5)44-56-50(53)41-35-29-22-18-13-11-9-8-10-12-16-20-26-32-38-46(2)3/h46-49H,7-45H2,1-6H3/t48?,49-/m0/s1. The molecule has 0 aliphatic heterocycles. The van der Waals surface area contributed by atoms with E-state index in [9.17, 15) is 14.4 Å². The molecule has 1 unspecified atom stereocenters. The van der Waals surface area contributed by atoms with Crippen LogP contribution in [0, 0.1) is 17.8 Å². The highest BCUT2D eigenvalue weighted by Gasteiger charge is 2.19. The maximum atomic E-state index is 12.8. The number of ether oxygens (including phenoxy) is 3. The summed E-state index contributed by atoms with van der Waals surface area (Å²) in [5, 5.41) is 0. The summed E-state index contributed by atoms with van der Waals surface area (Å²) in [6.45, 7) is 13.7. The Morgan fingerprint density at radius 3 is 0.897 bits per heavy atom. The zero-order valence-corrected chi connectivity index (χ0v) is 39.8. The van der Waals surface area contributed by atoms with E-state index in [0.717, 1.165) is 75.5 Å². The summed E-state index contributed by atoms with van der Waals surface area (Å²) >= 11 is 0. The second-order valence-electron chi connectivity index (χ2n) is 19.0. The summed E-state index contributed by atoms with van der Waals surface area (Å²) in [6, 6.07) is 0.